The number of likely N-dealkylation sites (N-methyl/N-ethyl adjacent to an activating group) is 1. The highest BCUT2D eigenvalue weighted by molar-refractivity contribution is 9.11. The molecule has 0 saturated carbocycles. The first-order valence-corrected chi connectivity index (χ1v) is 5.56. The molecule has 82 valence electrons. The highest BCUT2D eigenvalue weighted by atomic mass is 79.9. The van der Waals surface area contributed by atoms with Crippen molar-refractivity contribution in [2.24, 2.45) is 0 Å². The largest absolute Gasteiger partial charge is 0.328 e. The zero-order valence-corrected chi connectivity index (χ0v) is 11.8. The maximum absolute atomic E-state index is 3.54. The summed E-state index contributed by atoms with van der Waals surface area (Å²) in [6, 6.07) is 0. The van der Waals surface area contributed by atoms with Gasteiger partial charge >= 0.3 is 0 Å². The Hall–Kier alpha value is -0.120. The van der Waals surface area contributed by atoms with Crippen LogP contribution in [-0.4, -0.2) is 57.8 Å². The van der Waals surface area contributed by atoms with Crippen LogP contribution in [0.1, 0.15) is 0 Å². The van der Waals surface area contributed by atoms with Crippen LogP contribution in [-0.2, 0) is 0 Å². The second kappa shape index (κ2) is 5.10. The first kappa shape index (κ1) is 13.9. The lowest BCUT2D eigenvalue weighted by molar-refractivity contribution is -0.864. The number of rotatable bonds is 4. The molecule has 0 bridgehead atoms. The number of nitrogens with zero attached hydrogens (tertiary/aromatic N) is 2. The Bertz CT molecular complexity index is 229. The zero-order chi connectivity index (χ0) is 11.4. The first-order chi connectivity index (χ1) is 6.10. The highest BCUT2D eigenvalue weighted by Crippen LogP contribution is 2.09. The molecular formula is C11H23BrN2+2. The van der Waals surface area contributed by atoms with Gasteiger partial charge in [-0.25, -0.2) is 0 Å². The fraction of sp³-hybridized carbons (Fsp3) is 0.636. The quantitative estimate of drug-likeness (QED) is 0.539. The predicted octanol–water partition coefficient (Wildman–Crippen LogP) is 2.19. The van der Waals surface area contributed by atoms with E-state index in [9.17, 15) is 0 Å². The summed E-state index contributed by atoms with van der Waals surface area (Å²) in [5.41, 5.74) is 0. The van der Waals surface area contributed by atoms with Crippen molar-refractivity contribution in [3.8, 4) is 0 Å². The minimum Gasteiger partial charge on any atom is -0.328 e. The Labute approximate surface area is 96.8 Å². The van der Waals surface area contributed by atoms with Crippen molar-refractivity contribution in [2.75, 3.05) is 48.8 Å². The van der Waals surface area contributed by atoms with Gasteiger partial charge in [-0.1, -0.05) is 15.9 Å². The fourth-order valence-electron chi connectivity index (χ4n) is 0.724. The molecular weight excluding hydrogens is 240 g/mol. The summed E-state index contributed by atoms with van der Waals surface area (Å²) >= 11 is 3.54. The van der Waals surface area contributed by atoms with Gasteiger partial charge in [-0.05, 0) is 6.08 Å². The van der Waals surface area contributed by atoms with E-state index in [1.165, 1.54) is 0 Å². The highest BCUT2D eigenvalue weighted by Gasteiger charge is 2.04. The molecule has 0 heterocycles. The van der Waals surface area contributed by atoms with Crippen molar-refractivity contribution in [2.45, 2.75) is 0 Å². The van der Waals surface area contributed by atoms with Crippen LogP contribution in [0, 0.1) is 0 Å². The van der Waals surface area contributed by atoms with Crippen LogP contribution >= 0.6 is 15.9 Å². The topological polar surface area (TPSA) is 0 Å². The molecule has 0 aliphatic heterocycles. The van der Waals surface area contributed by atoms with E-state index >= 15 is 0 Å². The first-order valence-electron chi connectivity index (χ1n) is 4.77. The SMILES string of the molecule is C[N+](C)(C)/C=C/C(Br)=C/C[N+](C)(C)C. The standard InChI is InChI=1S/C11H23BrN2/c1-13(2,3)9-7-11(12)8-10-14(4,5)6/h7-9H,10H2,1-6H3/q+2/b9-7+,11-8-. The molecule has 0 aliphatic carbocycles. The summed E-state index contributed by atoms with van der Waals surface area (Å²) in [5.74, 6) is 0. The van der Waals surface area contributed by atoms with E-state index in [1.807, 2.05) is 0 Å². The summed E-state index contributed by atoms with van der Waals surface area (Å²) in [5, 5.41) is 0. The van der Waals surface area contributed by atoms with Gasteiger partial charge < -0.3 is 8.97 Å². The molecule has 0 spiro atoms. The zero-order valence-electron chi connectivity index (χ0n) is 10.2. The van der Waals surface area contributed by atoms with Crippen LogP contribution in [0.25, 0.3) is 0 Å². The average molecular weight is 263 g/mol. The Morgan fingerprint density at radius 2 is 1.57 bits per heavy atom. The lowest BCUT2D eigenvalue weighted by Gasteiger charge is -2.21. The van der Waals surface area contributed by atoms with Crippen molar-refractivity contribution < 1.29 is 8.97 Å². The van der Waals surface area contributed by atoms with Crippen LogP contribution < -0.4 is 0 Å². The molecule has 0 atom stereocenters. The number of halogens is 1. The fourth-order valence-corrected chi connectivity index (χ4v) is 0.987. The molecule has 0 fully saturated rings. The third-order valence-electron chi connectivity index (χ3n) is 1.51. The molecule has 0 radical (unpaired) electrons. The maximum Gasteiger partial charge on any atom is 0.0981 e. The molecule has 0 N–H and O–H groups in total. The smallest absolute Gasteiger partial charge is 0.0981 e. The number of hydrogen-bond acceptors (Lipinski definition) is 0. The number of hydrogen-bond donors (Lipinski definition) is 0. The lowest BCUT2D eigenvalue weighted by atomic mass is 10.4. The normalized spacial score (nSPS) is 15.2. The van der Waals surface area contributed by atoms with E-state index in [-0.39, 0.29) is 0 Å². The number of quaternary nitrogens is 2. The van der Waals surface area contributed by atoms with Crippen molar-refractivity contribution in [1.29, 1.82) is 0 Å². The Kier molecular flexibility index (Phi) is 5.06. The number of allylic oxidation sites excluding steroid dienone is 2. The van der Waals surface area contributed by atoms with Crippen LogP contribution in [0.5, 0.6) is 0 Å². The summed E-state index contributed by atoms with van der Waals surface area (Å²) < 4.78 is 2.94. The molecule has 0 saturated heterocycles. The Morgan fingerprint density at radius 3 is 1.93 bits per heavy atom. The molecule has 0 aromatic carbocycles. The summed E-state index contributed by atoms with van der Waals surface area (Å²) in [7, 11) is 12.9. The van der Waals surface area contributed by atoms with E-state index in [1.54, 1.807) is 0 Å². The van der Waals surface area contributed by atoms with Crippen LogP contribution in [0.3, 0.4) is 0 Å². The van der Waals surface area contributed by atoms with Crippen molar-refractivity contribution in [3.05, 3.63) is 22.8 Å². The molecule has 0 aromatic heterocycles. The molecule has 3 heteroatoms. The van der Waals surface area contributed by atoms with Gasteiger partial charge in [0.2, 0.25) is 0 Å². The monoisotopic (exact) mass is 262 g/mol. The molecule has 0 aliphatic rings. The van der Waals surface area contributed by atoms with Gasteiger partial charge in [-0.2, -0.15) is 0 Å². The van der Waals surface area contributed by atoms with Gasteiger partial charge in [-0.15, -0.1) is 0 Å². The van der Waals surface area contributed by atoms with E-state index in [2.05, 4.69) is 76.6 Å². The van der Waals surface area contributed by atoms with Crippen LogP contribution in [0.4, 0.5) is 0 Å². The molecule has 0 unspecified atom stereocenters. The summed E-state index contributed by atoms with van der Waals surface area (Å²) in [6.07, 6.45) is 6.46. The van der Waals surface area contributed by atoms with Gasteiger partial charge in [0.1, 0.15) is 0 Å². The minimum atomic E-state index is 0.841. The Morgan fingerprint density at radius 1 is 1.07 bits per heavy atom. The van der Waals surface area contributed by atoms with Gasteiger partial charge in [-0.3, -0.25) is 0 Å². The molecule has 0 rings (SSSR count). The second-order valence-electron chi connectivity index (χ2n) is 5.49. The third kappa shape index (κ3) is 9.96. The average Bonchev–Trinajstić information content (AvgIpc) is 1.94. The van der Waals surface area contributed by atoms with Crippen LogP contribution in [0.2, 0.25) is 0 Å². The van der Waals surface area contributed by atoms with Crippen LogP contribution in [0.15, 0.2) is 22.8 Å². The Balaban J connectivity index is 4.22. The molecule has 0 amide bonds. The van der Waals surface area contributed by atoms with Crippen molar-refractivity contribution >= 4 is 15.9 Å². The summed E-state index contributed by atoms with van der Waals surface area (Å²) in [6.45, 7) is 1.03. The van der Waals surface area contributed by atoms with Gasteiger partial charge in [0.25, 0.3) is 0 Å². The summed E-state index contributed by atoms with van der Waals surface area (Å²) in [4.78, 5) is 0. The molecule has 0 aromatic rings. The minimum absolute atomic E-state index is 0.841. The molecule has 2 nitrogen and oxygen atoms in total. The lowest BCUT2D eigenvalue weighted by Crippen LogP contribution is -2.34. The third-order valence-corrected chi connectivity index (χ3v) is 2.10. The van der Waals surface area contributed by atoms with E-state index < -0.39 is 0 Å². The van der Waals surface area contributed by atoms with Gasteiger partial charge in [0, 0.05) is 10.6 Å². The predicted molar refractivity (Wildman–Crippen MR) is 67.1 cm³/mol. The second-order valence-corrected chi connectivity index (χ2v) is 6.41. The van der Waals surface area contributed by atoms with Gasteiger partial charge in [0.05, 0.1) is 55.0 Å². The van der Waals surface area contributed by atoms with Crippen molar-refractivity contribution in [1.82, 2.24) is 0 Å². The van der Waals surface area contributed by atoms with Gasteiger partial charge in [0.15, 0.2) is 0 Å². The van der Waals surface area contributed by atoms with Crippen molar-refractivity contribution in [3.63, 3.8) is 0 Å². The van der Waals surface area contributed by atoms with E-state index in [4.69, 9.17) is 0 Å². The maximum atomic E-state index is 3.54. The molecule has 14 heavy (non-hydrogen) atoms. The van der Waals surface area contributed by atoms with E-state index in [0.29, 0.717) is 0 Å². The van der Waals surface area contributed by atoms with E-state index in [0.717, 1.165) is 20.0 Å².